The Kier molecular flexibility index (Phi) is 10.4. The zero-order chi connectivity index (χ0) is 31.8. The number of halogens is 1. The van der Waals surface area contributed by atoms with Crippen molar-refractivity contribution in [3.8, 4) is 5.75 Å². The molecule has 1 fully saturated rings. The van der Waals surface area contributed by atoms with Crippen molar-refractivity contribution in [3.05, 3.63) is 101 Å². The number of ether oxygens (including phenoxy) is 3. The van der Waals surface area contributed by atoms with Crippen LogP contribution in [0.4, 0.5) is 10.1 Å². The molecule has 0 bridgehead atoms. The van der Waals surface area contributed by atoms with Gasteiger partial charge in [0.2, 0.25) is 11.8 Å². The van der Waals surface area contributed by atoms with Crippen molar-refractivity contribution >= 4 is 34.4 Å². The lowest BCUT2D eigenvalue weighted by atomic mass is 10.0. The lowest BCUT2D eigenvalue weighted by Crippen LogP contribution is -2.40. The monoisotopic (exact) mass is 613 g/mol. The minimum absolute atomic E-state index is 0.00960. The molecule has 10 heteroatoms. The number of hydrogen-bond donors (Lipinski definition) is 1. The molecule has 3 aromatic carbocycles. The first kappa shape index (κ1) is 31.6. The first-order chi connectivity index (χ1) is 21.8. The van der Waals surface area contributed by atoms with E-state index in [0.717, 1.165) is 16.7 Å². The number of esters is 1. The third-order valence-electron chi connectivity index (χ3n) is 7.72. The zero-order valence-electron chi connectivity index (χ0n) is 25.4. The first-order valence-corrected chi connectivity index (χ1v) is 14.9. The summed E-state index contributed by atoms with van der Waals surface area (Å²) in [5.74, 6) is -0.991. The van der Waals surface area contributed by atoms with E-state index in [9.17, 15) is 18.8 Å². The molecule has 9 nitrogen and oxygen atoms in total. The zero-order valence-corrected chi connectivity index (χ0v) is 25.4. The summed E-state index contributed by atoms with van der Waals surface area (Å²) in [7, 11) is 1.52. The molecule has 0 radical (unpaired) electrons. The summed E-state index contributed by atoms with van der Waals surface area (Å²) >= 11 is 0. The van der Waals surface area contributed by atoms with E-state index in [1.54, 1.807) is 29.3 Å². The Labute approximate surface area is 261 Å². The number of pyridine rings is 1. The van der Waals surface area contributed by atoms with Crippen molar-refractivity contribution in [2.45, 2.75) is 45.3 Å². The average Bonchev–Trinajstić information content (AvgIpc) is 3.05. The second-order valence-corrected chi connectivity index (χ2v) is 11.0. The van der Waals surface area contributed by atoms with E-state index < -0.39 is 5.97 Å². The number of hydrogen-bond acceptors (Lipinski definition) is 7. The second-order valence-electron chi connectivity index (χ2n) is 11.0. The maximum Gasteiger partial charge on any atom is 0.342 e. The summed E-state index contributed by atoms with van der Waals surface area (Å²) in [6, 6.07) is 19.2. The van der Waals surface area contributed by atoms with Gasteiger partial charge in [-0.25, -0.2) is 9.18 Å². The molecule has 0 spiro atoms. The molecular weight excluding hydrogens is 577 g/mol. The Morgan fingerprint density at radius 1 is 0.978 bits per heavy atom. The van der Waals surface area contributed by atoms with Gasteiger partial charge in [0.1, 0.15) is 29.6 Å². The van der Waals surface area contributed by atoms with Gasteiger partial charge in [0, 0.05) is 51.5 Å². The highest BCUT2D eigenvalue weighted by molar-refractivity contribution is 6.09. The molecule has 2 amide bonds. The van der Waals surface area contributed by atoms with Crippen molar-refractivity contribution in [2.24, 2.45) is 0 Å². The number of benzene rings is 3. The fourth-order valence-corrected chi connectivity index (χ4v) is 5.29. The molecule has 1 aliphatic heterocycles. The SMILES string of the molecule is COCCC(=O)Nc1cc(C(=O)OC2CCN(C(C)=O)CC2)c(OCc2ccccc2)c2ncc(Cc3ccc(F)cc3)cc12. The fraction of sp³-hybridized carbons (Fsp3) is 0.314. The van der Waals surface area contributed by atoms with E-state index in [2.05, 4.69) is 5.32 Å². The maximum atomic E-state index is 13.8. The summed E-state index contributed by atoms with van der Waals surface area (Å²) in [6.07, 6.45) is 2.93. The highest BCUT2D eigenvalue weighted by Crippen LogP contribution is 2.37. The van der Waals surface area contributed by atoms with Gasteiger partial charge in [-0.3, -0.25) is 14.6 Å². The third-order valence-corrected chi connectivity index (χ3v) is 7.72. The molecule has 45 heavy (non-hydrogen) atoms. The second kappa shape index (κ2) is 14.8. The van der Waals surface area contributed by atoms with Crippen LogP contribution < -0.4 is 10.1 Å². The molecule has 1 N–H and O–H groups in total. The minimum Gasteiger partial charge on any atom is -0.486 e. The highest BCUT2D eigenvalue weighted by atomic mass is 19.1. The molecule has 4 aromatic rings. The van der Waals surface area contributed by atoms with Crippen LogP contribution in [0, 0.1) is 5.82 Å². The van der Waals surface area contributed by atoms with E-state index in [1.807, 2.05) is 36.4 Å². The van der Waals surface area contributed by atoms with E-state index in [1.165, 1.54) is 26.2 Å². The van der Waals surface area contributed by atoms with Gasteiger partial charge >= 0.3 is 5.97 Å². The number of aromatic nitrogens is 1. The van der Waals surface area contributed by atoms with Gasteiger partial charge < -0.3 is 24.4 Å². The largest absolute Gasteiger partial charge is 0.486 e. The molecule has 1 aliphatic rings. The Morgan fingerprint density at radius 2 is 1.71 bits per heavy atom. The predicted octanol–water partition coefficient (Wildman–Crippen LogP) is 5.69. The number of piperidine rings is 1. The van der Waals surface area contributed by atoms with Crippen LogP contribution in [0.3, 0.4) is 0 Å². The van der Waals surface area contributed by atoms with Crippen LogP contribution >= 0.6 is 0 Å². The molecule has 1 aromatic heterocycles. The molecule has 5 rings (SSSR count). The van der Waals surface area contributed by atoms with E-state index in [4.69, 9.17) is 19.2 Å². The Hall–Kier alpha value is -4.83. The van der Waals surface area contributed by atoms with Crippen LogP contribution in [0.25, 0.3) is 10.9 Å². The number of methoxy groups -OCH3 is 1. The molecule has 0 aliphatic carbocycles. The van der Waals surface area contributed by atoms with Gasteiger partial charge in [-0.1, -0.05) is 42.5 Å². The fourth-order valence-electron chi connectivity index (χ4n) is 5.29. The standard InChI is InChI=1S/C35H36FN3O6/c1-23(40)39-15-12-28(13-16-39)45-35(42)30-20-31(38-32(41)14-17-43-2)29-19-26(18-24-8-10-27(36)11-9-24)21-37-33(29)34(30)44-22-25-6-4-3-5-7-25/h3-11,19-21,28H,12-18,22H2,1-2H3,(H,38,41). The van der Waals surface area contributed by atoms with Gasteiger partial charge in [-0.2, -0.15) is 0 Å². The Balaban J connectivity index is 1.54. The number of rotatable bonds is 11. The van der Waals surface area contributed by atoms with E-state index in [-0.39, 0.29) is 54.7 Å². The number of nitrogens with one attached hydrogen (secondary N) is 1. The summed E-state index contributed by atoms with van der Waals surface area (Å²) < 4.78 is 30.8. The summed E-state index contributed by atoms with van der Waals surface area (Å²) in [6.45, 7) is 2.93. The normalized spacial score (nSPS) is 13.4. The minimum atomic E-state index is -0.606. The van der Waals surface area contributed by atoms with Crippen molar-refractivity contribution < 1.29 is 33.0 Å². The van der Waals surface area contributed by atoms with Crippen LogP contribution in [0.1, 0.15) is 53.2 Å². The summed E-state index contributed by atoms with van der Waals surface area (Å²) in [5.41, 5.74) is 3.50. The van der Waals surface area contributed by atoms with Crippen molar-refractivity contribution in [2.75, 3.05) is 32.1 Å². The number of fused-ring (bicyclic) bond motifs is 1. The number of amides is 2. The van der Waals surface area contributed by atoms with Crippen molar-refractivity contribution in [1.82, 2.24) is 9.88 Å². The van der Waals surface area contributed by atoms with Gasteiger partial charge in [0.15, 0.2) is 5.75 Å². The van der Waals surface area contributed by atoms with Crippen LogP contribution in [0.15, 0.2) is 72.9 Å². The molecule has 0 atom stereocenters. The predicted molar refractivity (Wildman–Crippen MR) is 168 cm³/mol. The van der Waals surface area contributed by atoms with Crippen LogP contribution in [0.2, 0.25) is 0 Å². The summed E-state index contributed by atoms with van der Waals surface area (Å²) in [4.78, 5) is 44.9. The number of carbonyl (C=O) groups excluding carboxylic acids is 3. The van der Waals surface area contributed by atoms with Crippen LogP contribution in [0.5, 0.6) is 5.75 Å². The lowest BCUT2D eigenvalue weighted by molar-refractivity contribution is -0.130. The van der Waals surface area contributed by atoms with Gasteiger partial charge in [-0.05, 0) is 47.4 Å². The maximum absolute atomic E-state index is 13.8. The Bertz CT molecular complexity index is 1650. The van der Waals surface area contributed by atoms with Crippen molar-refractivity contribution in [3.63, 3.8) is 0 Å². The van der Waals surface area contributed by atoms with Gasteiger partial charge in [0.25, 0.3) is 0 Å². The van der Waals surface area contributed by atoms with Crippen molar-refractivity contribution in [1.29, 1.82) is 0 Å². The van der Waals surface area contributed by atoms with Gasteiger partial charge in [0.05, 0.1) is 18.7 Å². The van der Waals surface area contributed by atoms with Gasteiger partial charge in [-0.15, -0.1) is 0 Å². The van der Waals surface area contributed by atoms with Crippen LogP contribution in [-0.2, 0) is 32.1 Å². The molecule has 234 valence electrons. The van der Waals surface area contributed by atoms with E-state index >= 15 is 0 Å². The molecular formula is C35H36FN3O6. The molecule has 0 saturated carbocycles. The third kappa shape index (κ3) is 8.21. The smallest absolute Gasteiger partial charge is 0.342 e. The summed E-state index contributed by atoms with van der Waals surface area (Å²) in [5, 5.41) is 3.50. The average molecular weight is 614 g/mol. The first-order valence-electron chi connectivity index (χ1n) is 14.9. The highest BCUT2D eigenvalue weighted by Gasteiger charge is 2.28. The van der Waals surface area contributed by atoms with E-state index in [0.29, 0.717) is 48.9 Å². The number of likely N-dealkylation sites (tertiary alicyclic amines) is 1. The topological polar surface area (TPSA) is 107 Å². The molecule has 1 saturated heterocycles. The van der Waals surface area contributed by atoms with Crippen LogP contribution in [-0.4, -0.2) is 60.6 Å². The lowest BCUT2D eigenvalue weighted by Gasteiger charge is -2.31. The number of nitrogens with zero attached hydrogens (tertiary/aromatic N) is 2. The molecule has 2 heterocycles. The number of carbonyl (C=O) groups is 3. The number of anilines is 1. The Morgan fingerprint density at radius 3 is 2.40 bits per heavy atom. The molecule has 0 unspecified atom stereocenters. The quantitative estimate of drug-likeness (QED) is 0.217.